The predicted octanol–water partition coefficient (Wildman–Crippen LogP) is 3.33. The van der Waals surface area contributed by atoms with E-state index in [2.05, 4.69) is 0 Å². The molecule has 0 nitrogen and oxygen atoms in total. The van der Waals surface area contributed by atoms with Crippen LogP contribution in [0.25, 0.3) is 0 Å². The van der Waals surface area contributed by atoms with Gasteiger partial charge in [0.1, 0.15) is 0 Å². The molecule has 0 amide bonds. The minimum absolute atomic E-state index is 1.13. The van der Waals surface area contributed by atoms with E-state index < -0.39 is 0 Å². The molecule has 0 unspecified atom stereocenters. The van der Waals surface area contributed by atoms with Crippen LogP contribution in [-0.4, -0.2) is 0 Å². The van der Waals surface area contributed by atoms with Crippen LogP contribution in [0.3, 0.4) is 0 Å². The van der Waals surface area contributed by atoms with Gasteiger partial charge < -0.3 is 0 Å². The van der Waals surface area contributed by atoms with Gasteiger partial charge in [-0.2, -0.15) is 0 Å². The smallest absolute Gasteiger partial charge is 0.0238 e. The van der Waals surface area contributed by atoms with Gasteiger partial charge in [-0.1, -0.05) is 32.1 Å². The van der Waals surface area contributed by atoms with Gasteiger partial charge in [0.2, 0.25) is 0 Å². The van der Waals surface area contributed by atoms with Crippen LogP contribution < -0.4 is 0 Å². The largest absolute Gasteiger partial charge is 0.0533 e. The van der Waals surface area contributed by atoms with Crippen molar-refractivity contribution < 1.29 is 0 Å². The van der Waals surface area contributed by atoms with Crippen LogP contribution in [0, 0.1) is 11.8 Å². The van der Waals surface area contributed by atoms with E-state index in [-0.39, 0.29) is 0 Å². The molecule has 2 aliphatic rings. The molecule has 0 N–H and O–H groups in total. The molecule has 2 aliphatic carbocycles. The van der Waals surface area contributed by atoms with Gasteiger partial charge in [-0.15, -0.1) is 0 Å². The molecule has 0 heterocycles. The molecule has 0 aromatic carbocycles. The molecule has 1 radical (unpaired) electrons. The van der Waals surface area contributed by atoms with E-state index in [4.69, 9.17) is 0 Å². The molecule has 0 aliphatic heterocycles. The Balaban J connectivity index is 1.69. The van der Waals surface area contributed by atoms with Gasteiger partial charge in [-0.05, 0) is 31.1 Å². The zero-order valence-electron chi connectivity index (χ0n) is 6.73. The van der Waals surface area contributed by atoms with E-state index in [1.165, 1.54) is 51.4 Å². The van der Waals surface area contributed by atoms with Gasteiger partial charge in [0.05, 0.1) is 0 Å². The summed E-state index contributed by atoms with van der Waals surface area (Å²) in [7, 11) is 0. The first-order valence-electron chi connectivity index (χ1n) is 4.79. The van der Waals surface area contributed by atoms with Gasteiger partial charge >= 0.3 is 0 Å². The highest BCUT2D eigenvalue weighted by Gasteiger charge is 2.26. The molecule has 0 aromatic heterocycles. The van der Waals surface area contributed by atoms with Gasteiger partial charge in [0.15, 0.2) is 0 Å². The maximum atomic E-state index is 1.90. The molecule has 0 bridgehead atoms. The Bertz CT molecular complexity index is 96.6. The fourth-order valence-electron chi connectivity index (χ4n) is 1.99. The number of hydrogen-bond donors (Lipinski definition) is 0. The molecule has 0 heteroatoms. The summed E-state index contributed by atoms with van der Waals surface area (Å²) < 4.78 is 0. The molecular formula is C10H17. The monoisotopic (exact) mass is 137 g/mol. The lowest BCUT2D eigenvalue weighted by Gasteiger charge is -2.20. The van der Waals surface area contributed by atoms with Crippen LogP contribution in [0.15, 0.2) is 0 Å². The Morgan fingerprint density at radius 3 is 2.30 bits per heavy atom. The zero-order chi connectivity index (χ0) is 6.81. The molecule has 2 fully saturated rings. The third-order valence-corrected chi connectivity index (χ3v) is 2.83. The van der Waals surface area contributed by atoms with Crippen molar-refractivity contribution >= 4 is 0 Å². The van der Waals surface area contributed by atoms with E-state index >= 15 is 0 Å². The fourth-order valence-corrected chi connectivity index (χ4v) is 1.99. The van der Waals surface area contributed by atoms with E-state index in [1.54, 1.807) is 0 Å². The SMILES string of the molecule is C1CC[C](CC2CC2)CC1. The summed E-state index contributed by atoms with van der Waals surface area (Å²) in [6.45, 7) is 0. The average Bonchev–Trinajstić information content (AvgIpc) is 2.74. The average molecular weight is 137 g/mol. The van der Waals surface area contributed by atoms with Crippen molar-refractivity contribution in [2.45, 2.75) is 51.4 Å². The van der Waals surface area contributed by atoms with Gasteiger partial charge in [0, 0.05) is 0 Å². The van der Waals surface area contributed by atoms with Crippen LogP contribution in [0.4, 0.5) is 0 Å². The first-order chi connectivity index (χ1) is 4.95. The van der Waals surface area contributed by atoms with Crippen molar-refractivity contribution in [3.8, 4) is 0 Å². The fraction of sp³-hybridized carbons (Fsp3) is 0.900. The van der Waals surface area contributed by atoms with Crippen LogP contribution in [-0.2, 0) is 0 Å². The van der Waals surface area contributed by atoms with E-state index in [0.717, 1.165) is 5.92 Å². The zero-order valence-corrected chi connectivity index (χ0v) is 6.73. The van der Waals surface area contributed by atoms with E-state index in [0.29, 0.717) is 0 Å². The van der Waals surface area contributed by atoms with Crippen LogP contribution in [0.1, 0.15) is 51.4 Å². The van der Waals surface area contributed by atoms with Crippen molar-refractivity contribution in [1.82, 2.24) is 0 Å². The summed E-state index contributed by atoms with van der Waals surface area (Å²) in [6, 6.07) is 0. The molecule has 0 spiro atoms. The summed E-state index contributed by atoms with van der Waals surface area (Å²) in [4.78, 5) is 0. The Kier molecular flexibility index (Phi) is 1.97. The lowest BCUT2D eigenvalue weighted by molar-refractivity contribution is 0.492. The maximum Gasteiger partial charge on any atom is -0.0238 e. The Hall–Kier alpha value is 0. The van der Waals surface area contributed by atoms with E-state index in [1.807, 2.05) is 5.92 Å². The lowest BCUT2D eigenvalue weighted by Crippen LogP contribution is -2.04. The topological polar surface area (TPSA) is 0 Å². The Morgan fingerprint density at radius 2 is 1.70 bits per heavy atom. The van der Waals surface area contributed by atoms with Crippen LogP contribution in [0.2, 0.25) is 0 Å². The third kappa shape index (κ3) is 1.74. The highest BCUT2D eigenvalue weighted by molar-refractivity contribution is 4.96. The second kappa shape index (κ2) is 2.94. The van der Waals surface area contributed by atoms with Crippen molar-refractivity contribution in [3.63, 3.8) is 0 Å². The number of rotatable bonds is 2. The highest BCUT2D eigenvalue weighted by atomic mass is 14.3. The Morgan fingerprint density at radius 1 is 1.00 bits per heavy atom. The second-order valence-corrected chi connectivity index (χ2v) is 3.96. The summed E-state index contributed by atoms with van der Waals surface area (Å²) in [5.41, 5.74) is 0. The molecule has 10 heavy (non-hydrogen) atoms. The highest BCUT2D eigenvalue weighted by Crippen LogP contribution is 2.40. The first-order valence-corrected chi connectivity index (χ1v) is 4.79. The predicted molar refractivity (Wildman–Crippen MR) is 43.7 cm³/mol. The van der Waals surface area contributed by atoms with Crippen molar-refractivity contribution in [2.75, 3.05) is 0 Å². The van der Waals surface area contributed by atoms with Gasteiger partial charge in [-0.3, -0.25) is 0 Å². The minimum Gasteiger partial charge on any atom is -0.0533 e. The van der Waals surface area contributed by atoms with Crippen molar-refractivity contribution in [3.05, 3.63) is 5.92 Å². The molecular weight excluding hydrogens is 120 g/mol. The van der Waals surface area contributed by atoms with Crippen molar-refractivity contribution in [2.24, 2.45) is 5.92 Å². The Labute approximate surface area is 64.0 Å². The lowest BCUT2D eigenvalue weighted by atomic mass is 9.86. The van der Waals surface area contributed by atoms with Gasteiger partial charge in [-0.25, -0.2) is 0 Å². The van der Waals surface area contributed by atoms with Crippen LogP contribution >= 0.6 is 0 Å². The second-order valence-electron chi connectivity index (χ2n) is 3.96. The minimum atomic E-state index is 1.13. The molecule has 2 rings (SSSR count). The summed E-state index contributed by atoms with van der Waals surface area (Å²) in [5.74, 6) is 3.03. The van der Waals surface area contributed by atoms with Gasteiger partial charge in [0.25, 0.3) is 0 Å². The third-order valence-electron chi connectivity index (χ3n) is 2.83. The quantitative estimate of drug-likeness (QED) is 0.547. The molecule has 0 atom stereocenters. The summed E-state index contributed by atoms with van der Waals surface area (Å²) in [6.07, 6.45) is 12.0. The summed E-state index contributed by atoms with van der Waals surface area (Å²) in [5, 5.41) is 0. The normalized spacial score (nSPS) is 28.8. The number of hydrogen-bond acceptors (Lipinski definition) is 0. The first kappa shape index (κ1) is 6.69. The maximum absolute atomic E-state index is 1.90. The molecule has 0 saturated heterocycles. The summed E-state index contributed by atoms with van der Waals surface area (Å²) >= 11 is 0. The molecule has 0 aromatic rings. The van der Waals surface area contributed by atoms with Crippen LogP contribution in [0.5, 0.6) is 0 Å². The molecule has 2 saturated carbocycles. The van der Waals surface area contributed by atoms with Crippen molar-refractivity contribution in [1.29, 1.82) is 0 Å². The van der Waals surface area contributed by atoms with E-state index in [9.17, 15) is 0 Å². The standard InChI is InChI=1S/C10H17/c1-2-4-9(5-3-1)8-10-6-7-10/h10H,1-8H2. The molecule has 57 valence electrons.